The van der Waals surface area contributed by atoms with Gasteiger partial charge >= 0.3 is 0 Å². The second-order valence-electron chi connectivity index (χ2n) is 8.43. The second kappa shape index (κ2) is 20.0. The number of allylic oxidation sites excluding steroid dienone is 1. The Balaban J connectivity index is 1.90. The first kappa shape index (κ1) is 25.8. The van der Waals surface area contributed by atoms with E-state index in [1.807, 2.05) is 0 Å². The molecule has 0 saturated heterocycles. The van der Waals surface area contributed by atoms with Gasteiger partial charge in [0.2, 0.25) is 0 Å². The first-order valence-electron chi connectivity index (χ1n) is 12.5. The summed E-state index contributed by atoms with van der Waals surface area (Å²) in [5.41, 5.74) is 7.03. The van der Waals surface area contributed by atoms with Crippen molar-refractivity contribution in [3.8, 4) is 0 Å². The Morgan fingerprint density at radius 3 is 1.72 bits per heavy atom. The minimum absolute atomic E-state index is 0.696. The zero-order valence-corrected chi connectivity index (χ0v) is 19.3. The number of nitrogens with zero attached hydrogens (tertiary/aromatic N) is 1. The summed E-state index contributed by atoms with van der Waals surface area (Å²) in [4.78, 5) is 2.35. The van der Waals surface area contributed by atoms with Gasteiger partial charge in [0.25, 0.3) is 0 Å². The SMILES string of the molecule is CCCCCCCCCCCCCCCCC=CCN(CCN)c1ccccc1. The molecule has 29 heavy (non-hydrogen) atoms. The van der Waals surface area contributed by atoms with Crippen LogP contribution in [0.2, 0.25) is 0 Å². The molecule has 0 radical (unpaired) electrons. The molecule has 1 rings (SSSR count). The Labute approximate surface area is 182 Å². The van der Waals surface area contributed by atoms with E-state index in [-0.39, 0.29) is 0 Å². The van der Waals surface area contributed by atoms with Gasteiger partial charge in [-0.3, -0.25) is 0 Å². The molecular weight excluding hydrogens is 352 g/mol. The monoisotopic (exact) mass is 400 g/mol. The highest BCUT2D eigenvalue weighted by Crippen LogP contribution is 2.14. The number of unbranched alkanes of at least 4 members (excludes halogenated alkanes) is 14. The molecule has 0 unspecified atom stereocenters. The summed E-state index contributed by atoms with van der Waals surface area (Å²) in [5.74, 6) is 0. The van der Waals surface area contributed by atoms with Crippen LogP contribution in [-0.2, 0) is 0 Å². The van der Waals surface area contributed by atoms with Gasteiger partial charge in [0, 0.05) is 25.3 Å². The van der Waals surface area contributed by atoms with Crippen LogP contribution in [0.4, 0.5) is 5.69 Å². The summed E-state index contributed by atoms with van der Waals surface area (Å²) in [6.07, 6.45) is 25.8. The fourth-order valence-corrected chi connectivity index (χ4v) is 3.90. The first-order valence-corrected chi connectivity index (χ1v) is 12.5. The van der Waals surface area contributed by atoms with E-state index in [9.17, 15) is 0 Å². The average molecular weight is 401 g/mol. The molecule has 166 valence electrons. The zero-order valence-electron chi connectivity index (χ0n) is 19.3. The van der Waals surface area contributed by atoms with Crippen LogP contribution in [0.3, 0.4) is 0 Å². The van der Waals surface area contributed by atoms with Gasteiger partial charge in [-0.15, -0.1) is 0 Å². The van der Waals surface area contributed by atoms with Crippen molar-refractivity contribution in [2.45, 2.75) is 103 Å². The zero-order chi connectivity index (χ0) is 20.8. The molecule has 0 aliphatic carbocycles. The average Bonchev–Trinajstić information content (AvgIpc) is 2.75. The maximum atomic E-state index is 5.77. The lowest BCUT2D eigenvalue weighted by Crippen LogP contribution is -2.29. The number of para-hydroxylation sites is 1. The fourth-order valence-electron chi connectivity index (χ4n) is 3.90. The van der Waals surface area contributed by atoms with Gasteiger partial charge in [-0.1, -0.05) is 121 Å². The lowest BCUT2D eigenvalue weighted by atomic mass is 10.0. The molecular formula is C27H48N2. The van der Waals surface area contributed by atoms with Gasteiger partial charge in [0.15, 0.2) is 0 Å². The Morgan fingerprint density at radius 1 is 0.690 bits per heavy atom. The largest absolute Gasteiger partial charge is 0.367 e. The minimum atomic E-state index is 0.696. The Kier molecular flexibility index (Phi) is 17.8. The van der Waals surface area contributed by atoms with Gasteiger partial charge in [-0.05, 0) is 25.0 Å². The second-order valence-corrected chi connectivity index (χ2v) is 8.43. The predicted octanol–water partition coefficient (Wildman–Crippen LogP) is 7.88. The lowest BCUT2D eigenvalue weighted by molar-refractivity contribution is 0.536. The number of anilines is 1. The molecule has 0 aromatic heterocycles. The van der Waals surface area contributed by atoms with Crippen LogP contribution in [0.25, 0.3) is 0 Å². The minimum Gasteiger partial charge on any atom is -0.367 e. The van der Waals surface area contributed by atoms with Gasteiger partial charge in [0.05, 0.1) is 0 Å². The molecule has 2 N–H and O–H groups in total. The van der Waals surface area contributed by atoms with Crippen LogP contribution < -0.4 is 10.6 Å². The third kappa shape index (κ3) is 15.3. The van der Waals surface area contributed by atoms with Crippen molar-refractivity contribution in [1.29, 1.82) is 0 Å². The Morgan fingerprint density at radius 2 is 1.21 bits per heavy atom. The summed E-state index contributed by atoms with van der Waals surface area (Å²) in [5, 5.41) is 0. The summed E-state index contributed by atoms with van der Waals surface area (Å²) >= 11 is 0. The third-order valence-corrected chi connectivity index (χ3v) is 5.74. The topological polar surface area (TPSA) is 29.3 Å². The highest BCUT2D eigenvalue weighted by Gasteiger charge is 2.02. The van der Waals surface area contributed by atoms with Crippen LogP contribution in [0.15, 0.2) is 42.5 Å². The number of benzene rings is 1. The summed E-state index contributed by atoms with van der Waals surface area (Å²) < 4.78 is 0. The standard InChI is InChI=1S/C27H48N2/c1-2-3-4-5-6-7-8-9-10-11-12-13-14-15-16-17-21-25-29(26-24-28)27-22-19-18-20-23-27/h17-23H,2-16,24-26,28H2,1H3. The maximum Gasteiger partial charge on any atom is 0.0369 e. The van der Waals surface area contributed by atoms with Gasteiger partial charge in [-0.25, -0.2) is 0 Å². The van der Waals surface area contributed by atoms with Crippen molar-refractivity contribution in [3.63, 3.8) is 0 Å². The first-order chi connectivity index (χ1) is 14.4. The Bertz CT molecular complexity index is 469. The molecule has 2 heteroatoms. The third-order valence-electron chi connectivity index (χ3n) is 5.74. The number of nitrogens with two attached hydrogens (primary N) is 1. The van der Waals surface area contributed by atoms with Gasteiger partial charge in [-0.2, -0.15) is 0 Å². The van der Waals surface area contributed by atoms with Crippen LogP contribution >= 0.6 is 0 Å². The molecule has 0 atom stereocenters. The molecule has 0 saturated carbocycles. The quantitative estimate of drug-likeness (QED) is 0.178. The number of hydrogen-bond acceptors (Lipinski definition) is 2. The van der Waals surface area contributed by atoms with E-state index in [2.05, 4.69) is 54.3 Å². The van der Waals surface area contributed by atoms with E-state index < -0.39 is 0 Å². The van der Waals surface area contributed by atoms with Crippen molar-refractivity contribution >= 4 is 5.69 Å². The van der Waals surface area contributed by atoms with Crippen LogP contribution in [-0.4, -0.2) is 19.6 Å². The summed E-state index contributed by atoms with van der Waals surface area (Å²) in [6, 6.07) is 10.6. The van der Waals surface area contributed by atoms with Crippen molar-refractivity contribution in [2.24, 2.45) is 5.73 Å². The fraction of sp³-hybridized carbons (Fsp3) is 0.704. The Hall–Kier alpha value is -1.28. The van der Waals surface area contributed by atoms with Crippen molar-refractivity contribution in [2.75, 3.05) is 24.5 Å². The molecule has 2 nitrogen and oxygen atoms in total. The van der Waals surface area contributed by atoms with Crippen LogP contribution in [0, 0.1) is 0 Å². The molecule has 0 bridgehead atoms. The van der Waals surface area contributed by atoms with E-state index in [1.165, 1.54) is 102 Å². The molecule has 0 fully saturated rings. The van der Waals surface area contributed by atoms with E-state index >= 15 is 0 Å². The number of rotatable bonds is 20. The highest BCUT2D eigenvalue weighted by atomic mass is 15.1. The van der Waals surface area contributed by atoms with Crippen LogP contribution in [0.5, 0.6) is 0 Å². The maximum absolute atomic E-state index is 5.77. The molecule has 0 spiro atoms. The summed E-state index contributed by atoms with van der Waals surface area (Å²) in [6.45, 7) is 4.86. The molecule has 1 aromatic rings. The van der Waals surface area contributed by atoms with E-state index in [4.69, 9.17) is 5.73 Å². The molecule has 1 aromatic carbocycles. The molecule has 0 aliphatic rings. The summed E-state index contributed by atoms with van der Waals surface area (Å²) in [7, 11) is 0. The van der Waals surface area contributed by atoms with Gasteiger partial charge < -0.3 is 10.6 Å². The molecule has 0 amide bonds. The van der Waals surface area contributed by atoms with E-state index in [0.717, 1.165) is 13.1 Å². The van der Waals surface area contributed by atoms with Crippen molar-refractivity contribution < 1.29 is 0 Å². The lowest BCUT2D eigenvalue weighted by Gasteiger charge is -2.22. The molecule has 0 heterocycles. The van der Waals surface area contributed by atoms with Gasteiger partial charge in [0.1, 0.15) is 0 Å². The van der Waals surface area contributed by atoms with Crippen LogP contribution in [0.1, 0.15) is 103 Å². The molecule has 0 aliphatic heterocycles. The predicted molar refractivity (Wildman–Crippen MR) is 132 cm³/mol. The van der Waals surface area contributed by atoms with Crippen molar-refractivity contribution in [1.82, 2.24) is 0 Å². The number of hydrogen-bond donors (Lipinski definition) is 1. The van der Waals surface area contributed by atoms with E-state index in [0.29, 0.717) is 6.54 Å². The smallest absolute Gasteiger partial charge is 0.0369 e. The van der Waals surface area contributed by atoms with E-state index in [1.54, 1.807) is 0 Å². The normalized spacial score (nSPS) is 11.4. The van der Waals surface area contributed by atoms with Crippen molar-refractivity contribution in [3.05, 3.63) is 42.5 Å². The highest BCUT2D eigenvalue weighted by molar-refractivity contribution is 5.46.